The predicted molar refractivity (Wildman–Crippen MR) is 81.6 cm³/mol. The molecule has 1 unspecified atom stereocenters. The third kappa shape index (κ3) is 3.92. The second-order valence-electron chi connectivity index (χ2n) is 5.39. The highest BCUT2D eigenvalue weighted by Gasteiger charge is 2.21. The third-order valence-electron chi connectivity index (χ3n) is 3.91. The van der Waals surface area contributed by atoms with Gasteiger partial charge in [0.15, 0.2) is 5.78 Å². The van der Waals surface area contributed by atoms with Gasteiger partial charge < -0.3 is 5.11 Å². The quantitative estimate of drug-likeness (QED) is 0.647. The van der Waals surface area contributed by atoms with E-state index >= 15 is 0 Å². The zero-order valence-corrected chi connectivity index (χ0v) is 12.9. The highest BCUT2D eigenvalue weighted by Crippen LogP contribution is 2.32. The maximum Gasteiger partial charge on any atom is 0.304 e. The van der Waals surface area contributed by atoms with Crippen molar-refractivity contribution in [2.75, 3.05) is 0 Å². The summed E-state index contributed by atoms with van der Waals surface area (Å²) in [6, 6.07) is 7.68. The van der Waals surface area contributed by atoms with Crippen molar-refractivity contribution >= 4 is 27.7 Å². The Morgan fingerprint density at radius 3 is 2.30 bits per heavy atom. The van der Waals surface area contributed by atoms with Crippen molar-refractivity contribution in [3.8, 4) is 0 Å². The van der Waals surface area contributed by atoms with Gasteiger partial charge in [0.1, 0.15) is 0 Å². The number of ketones is 1. The number of carbonyl (C=O) groups is 2. The maximum absolute atomic E-state index is 12.1. The van der Waals surface area contributed by atoms with E-state index in [-0.39, 0.29) is 12.2 Å². The molecule has 0 radical (unpaired) electrons. The fourth-order valence-electron chi connectivity index (χ4n) is 2.78. The standard InChI is InChI=1S/C16H19BrO3/c17-14(10-15(18)19)16(20)13-8-6-12(7-9-13)11-4-2-1-3-5-11/h6-9,11,14H,1-5,10H2,(H,18,19). The Morgan fingerprint density at radius 2 is 1.75 bits per heavy atom. The molecule has 0 bridgehead atoms. The molecular formula is C16H19BrO3. The van der Waals surface area contributed by atoms with Crippen LogP contribution in [0.4, 0.5) is 0 Å². The van der Waals surface area contributed by atoms with Gasteiger partial charge in [-0.25, -0.2) is 0 Å². The molecule has 108 valence electrons. The molecule has 1 N–H and O–H groups in total. The summed E-state index contributed by atoms with van der Waals surface area (Å²) in [4.78, 5) is 22.0. The van der Waals surface area contributed by atoms with Crippen LogP contribution in [0.25, 0.3) is 0 Å². The Kier molecular flexibility index (Phi) is 5.35. The molecule has 1 saturated carbocycles. The highest BCUT2D eigenvalue weighted by atomic mass is 79.9. The lowest BCUT2D eigenvalue weighted by atomic mass is 9.84. The zero-order chi connectivity index (χ0) is 14.5. The van der Waals surface area contributed by atoms with E-state index in [0.717, 1.165) is 0 Å². The summed E-state index contributed by atoms with van der Waals surface area (Å²) in [5, 5.41) is 8.71. The average molecular weight is 339 g/mol. The lowest BCUT2D eigenvalue weighted by molar-refractivity contribution is -0.136. The van der Waals surface area contributed by atoms with Crippen LogP contribution in [0, 0.1) is 0 Å². The van der Waals surface area contributed by atoms with Crippen LogP contribution >= 0.6 is 15.9 Å². The Bertz CT molecular complexity index is 475. The Labute approximate surface area is 127 Å². The maximum atomic E-state index is 12.1. The number of hydrogen-bond donors (Lipinski definition) is 1. The molecule has 1 aromatic rings. The molecule has 1 fully saturated rings. The van der Waals surface area contributed by atoms with Crippen LogP contribution in [-0.4, -0.2) is 21.7 Å². The third-order valence-corrected chi connectivity index (χ3v) is 4.65. The van der Waals surface area contributed by atoms with Gasteiger partial charge in [0, 0.05) is 5.56 Å². The predicted octanol–water partition coefficient (Wildman–Crippen LogP) is 4.16. The lowest BCUT2D eigenvalue weighted by Gasteiger charge is -2.22. The van der Waals surface area contributed by atoms with Crippen molar-refractivity contribution in [1.82, 2.24) is 0 Å². The number of alkyl halides is 1. The van der Waals surface area contributed by atoms with E-state index in [0.29, 0.717) is 11.5 Å². The van der Waals surface area contributed by atoms with Gasteiger partial charge in [-0.05, 0) is 24.3 Å². The van der Waals surface area contributed by atoms with E-state index in [9.17, 15) is 9.59 Å². The van der Waals surface area contributed by atoms with Gasteiger partial charge >= 0.3 is 5.97 Å². The number of carbonyl (C=O) groups excluding carboxylic acids is 1. The molecule has 1 aromatic carbocycles. The normalized spacial score (nSPS) is 17.6. The zero-order valence-electron chi connectivity index (χ0n) is 11.3. The first-order chi connectivity index (χ1) is 9.58. The van der Waals surface area contributed by atoms with Crippen LogP contribution in [0.3, 0.4) is 0 Å². The van der Waals surface area contributed by atoms with Crippen LogP contribution < -0.4 is 0 Å². The highest BCUT2D eigenvalue weighted by molar-refractivity contribution is 9.10. The van der Waals surface area contributed by atoms with E-state index in [4.69, 9.17) is 5.11 Å². The van der Waals surface area contributed by atoms with Gasteiger partial charge in [-0.15, -0.1) is 0 Å². The molecule has 4 heteroatoms. The minimum atomic E-state index is -0.973. The molecular weight excluding hydrogens is 320 g/mol. The van der Waals surface area contributed by atoms with E-state index < -0.39 is 10.8 Å². The molecule has 0 spiro atoms. The van der Waals surface area contributed by atoms with Crippen molar-refractivity contribution in [3.63, 3.8) is 0 Å². The number of halogens is 1. The van der Waals surface area contributed by atoms with Gasteiger partial charge in [0.05, 0.1) is 11.2 Å². The van der Waals surface area contributed by atoms with Crippen LogP contribution in [0.2, 0.25) is 0 Å². The summed E-state index contributed by atoms with van der Waals surface area (Å²) in [7, 11) is 0. The van der Waals surface area contributed by atoms with Gasteiger partial charge in [0.25, 0.3) is 0 Å². The number of benzene rings is 1. The van der Waals surface area contributed by atoms with Crippen molar-refractivity contribution in [2.24, 2.45) is 0 Å². The van der Waals surface area contributed by atoms with Gasteiger partial charge in [-0.1, -0.05) is 59.5 Å². The largest absolute Gasteiger partial charge is 0.481 e. The van der Waals surface area contributed by atoms with Crippen molar-refractivity contribution in [3.05, 3.63) is 35.4 Å². The molecule has 20 heavy (non-hydrogen) atoms. The summed E-state index contributed by atoms with van der Waals surface area (Å²) in [6.07, 6.45) is 6.17. The lowest BCUT2D eigenvalue weighted by Crippen LogP contribution is -2.18. The molecule has 2 rings (SSSR count). The topological polar surface area (TPSA) is 54.4 Å². The first-order valence-electron chi connectivity index (χ1n) is 7.08. The van der Waals surface area contributed by atoms with Gasteiger partial charge in [-0.2, -0.15) is 0 Å². The molecule has 1 atom stereocenters. The van der Waals surface area contributed by atoms with Gasteiger partial charge in [-0.3, -0.25) is 9.59 Å². The molecule has 0 heterocycles. The Morgan fingerprint density at radius 1 is 1.15 bits per heavy atom. The summed E-state index contributed by atoms with van der Waals surface area (Å²) < 4.78 is 0. The minimum absolute atomic E-state index is 0.164. The second-order valence-corrected chi connectivity index (χ2v) is 6.49. The van der Waals surface area contributed by atoms with Gasteiger partial charge in [0.2, 0.25) is 0 Å². The number of hydrogen-bond acceptors (Lipinski definition) is 2. The molecule has 1 aliphatic carbocycles. The Balaban J connectivity index is 2.03. The molecule has 0 aliphatic heterocycles. The molecule has 0 aromatic heterocycles. The smallest absolute Gasteiger partial charge is 0.304 e. The fraction of sp³-hybridized carbons (Fsp3) is 0.500. The minimum Gasteiger partial charge on any atom is -0.481 e. The first kappa shape index (κ1) is 15.2. The number of carboxylic acids is 1. The van der Waals surface area contributed by atoms with Crippen molar-refractivity contribution in [1.29, 1.82) is 0 Å². The Hall–Kier alpha value is -1.16. The average Bonchev–Trinajstić information content (AvgIpc) is 2.47. The van der Waals surface area contributed by atoms with Crippen LogP contribution in [-0.2, 0) is 4.79 Å². The number of aliphatic carboxylic acids is 1. The number of rotatable bonds is 5. The van der Waals surface area contributed by atoms with E-state index in [2.05, 4.69) is 15.9 Å². The molecule has 0 amide bonds. The first-order valence-corrected chi connectivity index (χ1v) is 7.99. The monoisotopic (exact) mass is 338 g/mol. The second kappa shape index (κ2) is 7.02. The van der Waals surface area contributed by atoms with Crippen LogP contribution in [0.5, 0.6) is 0 Å². The van der Waals surface area contributed by atoms with Crippen LogP contribution in [0.1, 0.15) is 60.4 Å². The van der Waals surface area contributed by atoms with E-state index in [1.54, 1.807) is 0 Å². The van der Waals surface area contributed by atoms with Crippen LogP contribution in [0.15, 0.2) is 24.3 Å². The fourth-order valence-corrected chi connectivity index (χ4v) is 3.32. The molecule has 3 nitrogen and oxygen atoms in total. The molecule has 0 saturated heterocycles. The number of carboxylic acid groups (broad SMARTS) is 1. The summed E-state index contributed by atoms with van der Waals surface area (Å²) >= 11 is 3.15. The van der Waals surface area contributed by atoms with E-state index in [1.165, 1.54) is 37.7 Å². The summed E-state index contributed by atoms with van der Waals surface area (Å²) in [5.41, 5.74) is 1.87. The SMILES string of the molecule is O=C(O)CC(Br)C(=O)c1ccc(C2CCCCC2)cc1. The summed E-state index contributed by atoms with van der Waals surface area (Å²) in [6.45, 7) is 0. The molecule has 1 aliphatic rings. The van der Waals surface area contributed by atoms with Crippen molar-refractivity contribution in [2.45, 2.75) is 49.3 Å². The summed E-state index contributed by atoms with van der Waals surface area (Å²) in [5.74, 6) is -0.520. The van der Waals surface area contributed by atoms with Crippen molar-refractivity contribution < 1.29 is 14.7 Å². The van der Waals surface area contributed by atoms with E-state index in [1.807, 2.05) is 24.3 Å². The number of Topliss-reactive ketones (excluding diaryl/α,β-unsaturated/α-hetero) is 1.